The van der Waals surface area contributed by atoms with Gasteiger partial charge in [0.1, 0.15) is 5.60 Å². The summed E-state index contributed by atoms with van der Waals surface area (Å²) < 4.78 is 0. The summed E-state index contributed by atoms with van der Waals surface area (Å²) in [5.41, 5.74) is -0.920. The third-order valence-electron chi connectivity index (χ3n) is 4.56. The van der Waals surface area contributed by atoms with Crippen LogP contribution in [0.1, 0.15) is 43.0 Å². The van der Waals surface area contributed by atoms with E-state index in [0.29, 0.717) is 18.4 Å². The van der Waals surface area contributed by atoms with Crippen molar-refractivity contribution in [1.82, 2.24) is 10.2 Å². The topological polar surface area (TPSA) is 107 Å². The van der Waals surface area contributed by atoms with E-state index < -0.39 is 23.6 Å². The maximum Gasteiger partial charge on any atom is 0.407 e. The predicted molar refractivity (Wildman–Crippen MR) is 91.4 cm³/mol. The minimum Gasteiger partial charge on any atom is -0.465 e. The summed E-state index contributed by atoms with van der Waals surface area (Å²) >= 11 is 0. The van der Waals surface area contributed by atoms with Crippen molar-refractivity contribution in [2.24, 2.45) is 0 Å². The number of amides is 2. The lowest BCUT2D eigenvalue weighted by Crippen LogP contribution is -2.57. The predicted octanol–water partition coefficient (Wildman–Crippen LogP) is 1.66. The summed E-state index contributed by atoms with van der Waals surface area (Å²) in [6.45, 7) is 2.08. The molecule has 0 aliphatic carbocycles. The molecule has 1 aliphatic heterocycles. The van der Waals surface area contributed by atoms with Gasteiger partial charge in [-0.1, -0.05) is 30.3 Å². The molecule has 2 amide bonds. The highest BCUT2D eigenvalue weighted by atomic mass is 16.4. The van der Waals surface area contributed by atoms with Crippen LogP contribution >= 0.6 is 0 Å². The molecule has 3 N–H and O–H groups in total. The zero-order chi connectivity index (χ0) is 18.4. The Bertz CT molecular complexity index is 634. The molecule has 2 rings (SSSR count). The second-order valence-corrected chi connectivity index (χ2v) is 6.46. The number of benzene rings is 1. The molecule has 1 aliphatic rings. The normalized spacial score (nSPS) is 23.1. The molecule has 1 saturated heterocycles. The number of hydrogen-bond donors (Lipinski definition) is 3. The third-order valence-corrected chi connectivity index (χ3v) is 4.56. The van der Waals surface area contributed by atoms with Crippen molar-refractivity contribution in [3.8, 4) is 0 Å². The lowest BCUT2D eigenvalue weighted by Gasteiger charge is -2.40. The van der Waals surface area contributed by atoms with Crippen molar-refractivity contribution in [1.29, 1.82) is 0 Å². The first-order valence-corrected chi connectivity index (χ1v) is 8.42. The Hall–Kier alpha value is -2.41. The van der Waals surface area contributed by atoms with Gasteiger partial charge in [-0.2, -0.15) is 0 Å². The van der Waals surface area contributed by atoms with Crippen molar-refractivity contribution in [3.05, 3.63) is 35.9 Å². The van der Waals surface area contributed by atoms with Crippen molar-refractivity contribution in [3.63, 3.8) is 0 Å². The van der Waals surface area contributed by atoms with Crippen LogP contribution in [0, 0.1) is 0 Å². The number of carbonyl (C=O) groups is 3. The summed E-state index contributed by atoms with van der Waals surface area (Å²) in [6.07, 6.45) is -0.125. The Morgan fingerprint density at radius 3 is 2.56 bits per heavy atom. The van der Waals surface area contributed by atoms with Crippen molar-refractivity contribution in [2.45, 2.75) is 44.2 Å². The van der Waals surface area contributed by atoms with E-state index in [-0.39, 0.29) is 31.7 Å². The molecule has 1 aromatic carbocycles. The van der Waals surface area contributed by atoms with Gasteiger partial charge in [-0.3, -0.25) is 9.59 Å². The van der Waals surface area contributed by atoms with E-state index in [2.05, 4.69) is 5.32 Å². The highest BCUT2D eigenvalue weighted by Crippen LogP contribution is 2.27. The Labute approximate surface area is 146 Å². The van der Waals surface area contributed by atoms with E-state index in [0.717, 1.165) is 0 Å². The van der Waals surface area contributed by atoms with Crippen LogP contribution in [0.2, 0.25) is 0 Å². The van der Waals surface area contributed by atoms with Crippen molar-refractivity contribution in [2.75, 3.05) is 13.1 Å². The lowest BCUT2D eigenvalue weighted by molar-refractivity contribution is -0.146. The van der Waals surface area contributed by atoms with Gasteiger partial charge in [-0.15, -0.1) is 0 Å². The van der Waals surface area contributed by atoms with Crippen LogP contribution in [0.3, 0.4) is 0 Å². The standard InChI is InChI=1S/C18H24N2O5/c1-13-12-18(25,9-11-20(13)17(23)24)16(22)19-10-5-8-15(21)14-6-3-2-4-7-14/h2-4,6-7,13,25H,5,8-12H2,1H3,(H,19,22)(H,23,24)/t13-,18-/m0/s1. The number of hydrogen-bond acceptors (Lipinski definition) is 4. The van der Waals surface area contributed by atoms with Crippen LogP contribution in [-0.2, 0) is 4.79 Å². The van der Waals surface area contributed by atoms with E-state index in [4.69, 9.17) is 5.11 Å². The van der Waals surface area contributed by atoms with Crippen LogP contribution in [0.25, 0.3) is 0 Å². The Balaban J connectivity index is 1.77. The number of rotatable bonds is 6. The van der Waals surface area contributed by atoms with Gasteiger partial charge >= 0.3 is 6.09 Å². The lowest BCUT2D eigenvalue weighted by atomic mass is 9.86. The van der Waals surface area contributed by atoms with Gasteiger partial charge in [-0.25, -0.2) is 4.79 Å². The summed E-state index contributed by atoms with van der Waals surface area (Å²) in [5, 5.41) is 22.2. The number of nitrogens with zero attached hydrogens (tertiary/aromatic N) is 1. The number of aliphatic hydroxyl groups is 1. The van der Waals surface area contributed by atoms with Gasteiger partial charge in [-0.05, 0) is 13.3 Å². The largest absolute Gasteiger partial charge is 0.465 e. The minimum atomic E-state index is -1.56. The van der Waals surface area contributed by atoms with Gasteiger partial charge in [0, 0.05) is 44.0 Å². The highest BCUT2D eigenvalue weighted by molar-refractivity contribution is 5.96. The molecule has 1 aromatic rings. The third kappa shape index (κ3) is 4.79. The number of likely N-dealkylation sites (tertiary alicyclic amines) is 1. The smallest absolute Gasteiger partial charge is 0.407 e. The zero-order valence-electron chi connectivity index (χ0n) is 14.3. The number of nitrogens with one attached hydrogen (secondary N) is 1. The van der Waals surface area contributed by atoms with Crippen molar-refractivity contribution < 1.29 is 24.6 Å². The summed E-state index contributed by atoms with van der Waals surface area (Å²) in [7, 11) is 0. The Kier molecular flexibility index (Phi) is 6.14. The molecule has 0 saturated carbocycles. The number of carbonyl (C=O) groups excluding carboxylic acids is 2. The number of piperidine rings is 1. The number of carboxylic acid groups (broad SMARTS) is 1. The highest BCUT2D eigenvalue weighted by Gasteiger charge is 2.43. The van der Waals surface area contributed by atoms with Crippen LogP contribution in [-0.4, -0.2) is 57.6 Å². The Morgan fingerprint density at radius 2 is 1.96 bits per heavy atom. The van der Waals surface area contributed by atoms with E-state index in [1.54, 1.807) is 31.2 Å². The fraction of sp³-hybridized carbons (Fsp3) is 0.500. The summed E-state index contributed by atoms with van der Waals surface area (Å²) in [6, 6.07) is 8.52. The molecular formula is C18H24N2O5. The zero-order valence-corrected chi connectivity index (χ0v) is 14.3. The molecule has 1 heterocycles. The van der Waals surface area contributed by atoms with Crippen LogP contribution in [0.15, 0.2) is 30.3 Å². The van der Waals surface area contributed by atoms with Gasteiger partial charge in [0.2, 0.25) is 0 Å². The van der Waals surface area contributed by atoms with E-state index in [9.17, 15) is 19.5 Å². The molecule has 0 aromatic heterocycles. The monoisotopic (exact) mass is 348 g/mol. The molecule has 7 heteroatoms. The quantitative estimate of drug-likeness (QED) is 0.535. The van der Waals surface area contributed by atoms with E-state index in [1.807, 2.05) is 6.07 Å². The molecule has 1 fully saturated rings. The number of ketones is 1. The SMILES string of the molecule is C[C@H]1C[C@](O)(C(=O)NCCCC(=O)c2ccccc2)CCN1C(=O)O. The first-order chi connectivity index (χ1) is 11.8. The fourth-order valence-electron chi connectivity index (χ4n) is 3.10. The van der Waals surface area contributed by atoms with Gasteiger partial charge in [0.15, 0.2) is 5.78 Å². The second kappa shape index (κ2) is 8.11. The number of Topliss-reactive ketones (excluding diaryl/α,β-unsaturated/α-hetero) is 1. The van der Waals surface area contributed by atoms with Crippen LogP contribution in [0.4, 0.5) is 4.79 Å². The van der Waals surface area contributed by atoms with Gasteiger partial charge in [0.05, 0.1) is 0 Å². The molecule has 0 spiro atoms. The second-order valence-electron chi connectivity index (χ2n) is 6.46. The van der Waals surface area contributed by atoms with Crippen molar-refractivity contribution >= 4 is 17.8 Å². The molecule has 25 heavy (non-hydrogen) atoms. The molecule has 0 unspecified atom stereocenters. The first kappa shape index (κ1) is 18.9. The summed E-state index contributed by atoms with van der Waals surface area (Å²) in [4.78, 5) is 36.5. The first-order valence-electron chi connectivity index (χ1n) is 8.42. The van der Waals surface area contributed by atoms with Crippen LogP contribution in [0.5, 0.6) is 0 Å². The maximum atomic E-state index is 12.2. The van der Waals surface area contributed by atoms with Gasteiger partial charge in [0.25, 0.3) is 5.91 Å². The molecule has 0 radical (unpaired) electrons. The summed E-state index contributed by atoms with van der Waals surface area (Å²) in [5.74, 6) is -0.492. The van der Waals surface area contributed by atoms with E-state index in [1.165, 1.54) is 4.90 Å². The molecule has 2 atom stereocenters. The fourth-order valence-corrected chi connectivity index (χ4v) is 3.10. The average Bonchev–Trinajstić information content (AvgIpc) is 2.58. The Morgan fingerprint density at radius 1 is 1.28 bits per heavy atom. The molecule has 136 valence electrons. The van der Waals surface area contributed by atoms with E-state index >= 15 is 0 Å². The average molecular weight is 348 g/mol. The maximum absolute atomic E-state index is 12.2. The molecule has 0 bridgehead atoms. The van der Waals surface area contributed by atoms with Crippen LogP contribution < -0.4 is 5.32 Å². The molecular weight excluding hydrogens is 324 g/mol. The molecule has 7 nitrogen and oxygen atoms in total. The van der Waals surface area contributed by atoms with Gasteiger partial charge < -0.3 is 20.4 Å². The minimum absolute atomic E-state index is 0.0111.